The number of aromatic nitrogens is 2. The molecule has 2 fully saturated rings. The summed E-state index contributed by atoms with van der Waals surface area (Å²) < 4.78 is 0. The number of piperidine rings is 1. The van der Waals surface area contributed by atoms with Gasteiger partial charge < -0.3 is 14.9 Å². The van der Waals surface area contributed by atoms with Gasteiger partial charge in [-0.1, -0.05) is 12.1 Å². The predicted octanol–water partition coefficient (Wildman–Crippen LogP) is 2.21. The van der Waals surface area contributed by atoms with Gasteiger partial charge in [-0.05, 0) is 50.9 Å². The third kappa shape index (κ3) is 4.17. The Balaban J connectivity index is 1.41. The van der Waals surface area contributed by atoms with E-state index in [4.69, 9.17) is 0 Å². The maximum Gasteiger partial charge on any atom is 0.253 e. The van der Waals surface area contributed by atoms with E-state index in [2.05, 4.69) is 14.9 Å². The van der Waals surface area contributed by atoms with Gasteiger partial charge in [0.05, 0.1) is 17.5 Å². The van der Waals surface area contributed by atoms with Gasteiger partial charge in [-0.15, -0.1) is 0 Å². The molecule has 142 valence electrons. The van der Waals surface area contributed by atoms with Crippen LogP contribution >= 0.6 is 0 Å². The van der Waals surface area contributed by atoms with E-state index in [0.717, 1.165) is 30.9 Å². The summed E-state index contributed by atoms with van der Waals surface area (Å²) in [5.74, 6) is 0.0176. The van der Waals surface area contributed by atoms with Crippen molar-refractivity contribution in [2.24, 2.45) is 0 Å². The lowest BCUT2D eigenvalue weighted by atomic mass is 9.90. The van der Waals surface area contributed by atoms with E-state index in [0.29, 0.717) is 31.5 Å². The van der Waals surface area contributed by atoms with Crippen molar-refractivity contribution in [2.45, 2.75) is 31.3 Å². The number of carbonyl (C=O) groups is 1. The first-order chi connectivity index (χ1) is 13.1. The Labute approximate surface area is 159 Å². The van der Waals surface area contributed by atoms with Crippen LogP contribution < -0.4 is 0 Å². The summed E-state index contributed by atoms with van der Waals surface area (Å²) in [5.41, 5.74) is 1.63. The van der Waals surface area contributed by atoms with Gasteiger partial charge in [0.15, 0.2) is 0 Å². The Morgan fingerprint density at radius 1 is 1.11 bits per heavy atom. The van der Waals surface area contributed by atoms with Crippen LogP contribution in [0.1, 0.15) is 36.0 Å². The first kappa shape index (κ1) is 18.1. The van der Waals surface area contributed by atoms with Crippen molar-refractivity contribution < 1.29 is 9.90 Å². The summed E-state index contributed by atoms with van der Waals surface area (Å²) in [6.45, 7) is 4.09. The minimum absolute atomic E-state index is 0.0176. The fourth-order valence-electron chi connectivity index (χ4n) is 4.08. The number of nitrogens with zero attached hydrogens (tertiary/aromatic N) is 4. The Morgan fingerprint density at radius 2 is 1.89 bits per heavy atom. The first-order valence-corrected chi connectivity index (χ1v) is 9.73. The summed E-state index contributed by atoms with van der Waals surface area (Å²) >= 11 is 0. The highest BCUT2D eigenvalue weighted by Gasteiger charge is 2.36. The number of carbonyl (C=O) groups excluding carboxylic acids is 1. The molecule has 1 aromatic carbocycles. The SMILES string of the molecule is O=C(c1cccc(-c2cnccn2)c1)N1CCC(O)(CN2CCCC2)CC1. The molecule has 0 radical (unpaired) electrons. The molecule has 4 rings (SSSR count). The van der Waals surface area contributed by atoms with Crippen molar-refractivity contribution in [3.05, 3.63) is 48.4 Å². The average molecular weight is 366 g/mol. The quantitative estimate of drug-likeness (QED) is 0.898. The molecule has 1 N–H and O–H groups in total. The van der Waals surface area contributed by atoms with E-state index in [1.54, 1.807) is 18.6 Å². The van der Waals surface area contributed by atoms with Crippen molar-refractivity contribution in [1.82, 2.24) is 19.8 Å². The van der Waals surface area contributed by atoms with Crippen LogP contribution in [0.15, 0.2) is 42.9 Å². The van der Waals surface area contributed by atoms with Crippen LogP contribution in [-0.2, 0) is 0 Å². The lowest BCUT2D eigenvalue weighted by Crippen LogP contribution is -2.51. The number of β-amino-alcohol motifs (C(OH)–C–C–N with tert-alkyl or cyclic N) is 1. The fraction of sp³-hybridized carbons (Fsp3) is 0.476. The standard InChI is InChI=1S/C21H26N4O2/c26-20(18-5-3-4-17(14-18)19-15-22-8-9-23-19)25-12-6-21(27,7-13-25)16-24-10-1-2-11-24/h3-5,8-9,14-15,27H,1-2,6-7,10-13,16H2. The topological polar surface area (TPSA) is 69.6 Å². The molecule has 6 heteroatoms. The molecule has 0 unspecified atom stereocenters. The lowest BCUT2D eigenvalue weighted by Gasteiger charge is -2.40. The highest BCUT2D eigenvalue weighted by molar-refractivity contribution is 5.95. The Bertz CT molecular complexity index is 782. The lowest BCUT2D eigenvalue weighted by molar-refractivity contribution is -0.0367. The number of likely N-dealkylation sites (tertiary alicyclic amines) is 2. The van der Waals surface area contributed by atoms with E-state index >= 15 is 0 Å². The largest absolute Gasteiger partial charge is 0.388 e. The third-order valence-corrected chi connectivity index (χ3v) is 5.67. The van der Waals surface area contributed by atoms with Crippen molar-refractivity contribution in [2.75, 3.05) is 32.7 Å². The van der Waals surface area contributed by atoms with Crippen LogP contribution in [0.4, 0.5) is 0 Å². The van der Waals surface area contributed by atoms with E-state index in [1.807, 2.05) is 29.2 Å². The summed E-state index contributed by atoms with van der Waals surface area (Å²) in [7, 11) is 0. The summed E-state index contributed by atoms with van der Waals surface area (Å²) in [6, 6.07) is 7.53. The van der Waals surface area contributed by atoms with E-state index in [9.17, 15) is 9.90 Å². The minimum Gasteiger partial charge on any atom is -0.388 e. The van der Waals surface area contributed by atoms with E-state index in [-0.39, 0.29) is 5.91 Å². The number of benzene rings is 1. The van der Waals surface area contributed by atoms with Gasteiger partial charge in [0.2, 0.25) is 0 Å². The summed E-state index contributed by atoms with van der Waals surface area (Å²) in [4.78, 5) is 25.5. The molecule has 3 heterocycles. The monoisotopic (exact) mass is 366 g/mol. The molecule has 2 saturated heterocycles. The van der Waals surface area contributed by atoms with Gasteiger partial charge in [-0.25, -0.2) is 0 Å². The summed E-state index contributed by atoms with van der Waals surface area (Å²) in [6.07, 6.45) is 8.71. The zero-order valence-electron chi connectivity index (χ0n) is 15.5. The van der Waals surface area contributed by atoms with Crippen LogP contribution in [-0.4, -0.2) is 69.1 Å². The Kier molecular flexibility index (Phi) is 5.18. The number of hydrogen-bond acceptors (Lipinski definition) is 5. The van der Waals surface area contributed by atoms with Crippen LogP contribution in [0.2, 0.25) is 0 Å². The predicted molar refractivity (Wildman–Crippen MR) is 103 cm³/mol. The molecule has 0 spiro atoms. The van der Waals surface area contributed by atoms with Gasteiger partial charge in [0, 0.05) is 43.2 Å². The average Bonchev–Trinajstić information content (AvgIpc) is 3.21. The second-order valence-electron chi connectivity index (χ2n) is 7.67. The van der Waals surface area contributed by atoms with Crippen molar-refractivity contribution in [3.8, 4) is 11.3 Å². The van der Waals surface area contributed by atoms with Crippen molar-refractivity contribution in [1.29, 1.82) is 0 Å². The molecule has 0 atom stereocenters. The maximum atomic E-state index is 12.9. The van der Waals surface area contributed by atoms with Crippen LogP contribution in [0, 0.1) is 0 Å². The highest BCUT2D eigenvalue weighted by atomic mass is 16.3. The second-order valence-corrected chi connectivity index (χ2v) is 7.67. The molecular weight excluding hydrogens is 340 g/mol. The normalized spacial score (nSPS) is 20.0. The zero-order chi connectivity index (χ0) is 18.7. The molecule has 0 aliphatic carbocycles. The van der Waals surface area contributed by atoms with Crippen LogP contribution in [0.25, 0.3) is 11.3 Å². The molecule has 27 heavy (non-hydrogen) atoms. The second kappa shape index (κ2) is 7.74. The molecule has 1 amide bonds. The number of amides is 1. The van der Waals surface area contributed by atoms with Crippen LogP contribution in [0.5, 0.6) is 0 Å². The number of rotatable bonds is 4. The first-order valence-electron chi connectivity index (χ1n) is 9.73. The number of hydrogen-bond donors (Lipinski definition) is 1. The van der Waals surface area contributed by atoms with E-state index in [1.165, 1.54) is 12.8 Å². The highest BCUT2D eigenvalue weighted by Crippen LogP contribution is 2.26. The minimum atomic E-state index is -0.664. The Hall–Kier alpha value is -2.31. The molecule has 0 saturated carbocycles. The summed E-state index contributed by atoms with van der Waals surface area (Å²) in [5, 5.41) is 10.9. The maximum absolute atomic E-state index is 12.9. The van der Waals surface area contributed by atoms with Crippen molar-refractivity contribution >= 4 is 5.91 Å². The Morgan fingerprint density at radius 3 is 2.59 bits per heavy atom. The van der Waals surface area contributed by atoms with Gasteiger partial charge in [0.25, 0.3) is 5.91 Å². The molecule has 6 nitrogen and oxygen atoms in total. The van der Waals surface area contributed by atoms with Crippen LogP contribution in [0.3, 0.4) is 0 Å². The molecule has 1 aromatic heterocycles. The molecule has 0 bridgehead atoms. The molecule has 2 aliphatic heterocycles. The third-order valence-electron chi connectivity index (χ3n) is 5.67. The van der Waals surface area contributed by atoms with Gasteiger partial charge in [0.1, 0.15) is 0 Å². The van der Waals surface area contributed by atoms with Gasteiger partial charge in [-0.3, -0.25) is 14.8 Å². The van der Waals surface area contributed by atoms with Gasteiger partial charge in [-0.2, -0.15) is 0 Å². The molecular formula is C21H26N4O2. The smallest absolute Gasteiger partial charge is 0.253 e. The zero-order valence-corrected chi connectivity index (χ0v) is 15.5. The van der Waals surface area contributed by atoms with E-state index < -0.39 is 5.60 Å². The fourth-order valence-corrected chi connectivity index (χ4v) is 4.08. The van der Waals surface area contributed by atoms with Gasteiger partial charge >= 0.3 is 0 Å². The molecule has 2 aliphatic rings. The van der Waals surface area contributed by atoms with Crippen molar-refractivity contribution in [3.63, 3.8) is 0 Å². The molecule has 2 aromatic rings. The number of aliphatic hydroxyl groups is 1.